The van der Waals surface area contributed by atoms with Crippen LogP contribution in [0.3, 0.4) is 0 Å². The molecule has 1 aromatic rings. The highest BCUT2D eigenvalue weighted by atomic mass is 16.5. The number of aryl methyl sites for hydroxylation is 2. The molecule has 1 aromatic heterocycles. The fourth-order valence-corrected chi connectivity index (χ4v) is 3.07. The topological polar surface area (TPSA) is 59.3 Å². The van der Waals surface area contributed by atoms with Crippen molar-refractivity contribution in [3.05, 3.63) is 17.0 Å². The molecule has 1 aliphatic heterocycles. The fraction of sp³-hybridized carbons (Fsp3) is 0.812. The van der Waals surface area contributed by atoms with Gasteiger partial charge in [0.25, 0.3) is 0 Å². The maximum Gasteiger partial charge on any atom is 0.0641 e. The number of nitrogens with one attached hydrogen (secondary N) is 1. The zero-order valence-corrected chi connectivity index (χ0v) is 13.6. The molecule has 1 saturated heterocycles. The molecule has 0 atom stereocenters. The molecule has 5 nitrogen and oxygen atoms in total. The largest absolute Gasteiger partial charge is 0.396 e. The van der Waals surface area contributed by atoms with Crippen molar-refractivity contribution >= 4 is 0 Å². The van der Waals surface area contributed by atoms with Crippen LogP contribution in [-0.2, 0) is 17.8 Å². The minimum Gasteiger partial charge on any atom is -0.396 e. The van der Waals surface area contributed by atoms with E-state index in [0.717, 1.165) is 57.8 Å². The van der Waals surface area contributed by atoms with E-state index >= 15 is 0 Å². The van der Waals surface area contributed by atoms with Gasteiger partial charge in [0.1, 0.15) is 0 Å². The lowest BCUT2D eigenvalue weighted by Gasteiger charge is -2.35. The van der Waals surface area contributed by atoms with Gasteiger partial charge in [0.2, 0.25) is 0 Å². The van der Waals surface area contributed by atoms with E-state index in [1.165, 1.54) is 11.3 Å². The van der Waals surface area contributed by atoms with Crippen LogP contribution in [0.1, 0.15) is 43.1 Å². The van der Waals surface area contributed by atoms with Gasteiger partial charge in [-0.05, 0) is 33.1 Å². The van der Waals surface area contributed by atoms with Gasteiger partial charge >= 0.3 is 0 Å². The smallest absolute Gasteiger partial charge is 0.0641 e. The number of hydrogen-bond donors (Lipinski definition) is 2. The lowest BCUT2D eigenvalue weighted by atomic mass is 9.81. The van der Waals surface area contributed by atoms with Crippen molar-refractivity contribution in [2.24, 2.45) is 5.41 Å². The van der Waals surface area contributed by atoms with Crippen LogP contribution in [0.25, 0.3) is 0 Å². The highest BCUT2D eigenvalue weighted by molar-refractivity contribution is 5.24. The van der Waals surface area contributed by atoms with Crippen LogP contribution in [0.5, 0.6) is 0 Å². The summed E-state index contributed by atoms with van der Waals surface area (Å²) in [5.74, 6) is 0. The molecule has 0 saturated carbocycles. The van der Waals surface area contributed by atoms with E-state index < -0.39 is 0 Å². The van der Waals surface area contributed by atoms with Crippen molar-refractivity contribution in [2.75, 3.05) is 26.4 Å². The van der Waals surface area contributed by atoms with Crippen LogP contribution in [0, 0.1) is 19.3 Å². The van der Waals surface area contributed by atoms with Gasteiger partial charge in [-0.3, -0.25) is 4.68 Å². The summed E-state index contributed by atoms with van der Waals surface area (Å²) in [6.45, 7) is 10.8. The molecule has 0 spiro atoms. The molecule has 2 N–H and O–H groups in total. The van der Waals surface area contributed by atoms with Crippen LogP contribution in [0.4, 0.5) is 0 Å². The summed E-state index contributed by atoms with van der Waals surface area (Å²) < 4.78 is 7.51. The van der Waals surface area contributed by atoms with E-state index in [0.29, 0.717) is 0 Å². The summed E-state index contributed by atoms with van der Waals surface area (Å²) >= 11 is 0. The van der Waals surface area contributed by atoms with Gasteiger partial charge < -0.3 is 15.2 Å². The molecular weight excluding hydrogens is 266 g/mol. The van der Waals surface area contributed by atoms with Crippen molar-refractivity contribution in [1.82, 2.24) is 15.1 Å². The van der Waals surface area contributed by atoms with Crippen molar-refractivity contribution in [3.63, 3.8) is 0 Å². The van der Waals surface area contributed by atoms with Crippen LogP contribution < -0.4 is 5.32 Å². The van der Waals surface area contributed by atoms with E-state index in [1.807, 2.05) is 0 Å². The average molecular weight is 295 g/mol. The van der Waals surface area contributed by atoms with E-state index in [1.54, 1.807) is 0 Å². The summed E-state index contributed by atoms with van der Waals surface area (Å²) in [4.78, 5) is 0. The second kappa shape index (κ2) is 7.38. The highest BCUT2D eigenvalue weighted by Gasteiger charge is 2.31. The Morgan fingerprint density at radius 1 is 1.33 bits per heavy atom. The Balaban J connectivity index is 1.93. The molecule has 0 bridgehead atoms. The molecule has 2 rings (SSSR count). The second-order valence-electron chi connectivity index (χ2n) is 6.25. The lowest BCUT2D eigenvalue weighted by molar-refractivity contribution is -0.0154. The number of aromatic nitrogens is 2. The third-order valence-corrected chi connectivity index (χ3v) is 4.66. The summed E-state index contributed by atoms with van der Waals surface area (Å²) in [7, 11) is 0. The predicted octanol–water partition coefficient (Wildman–Crippen LogP) is 1.79. The van der Waals surface area contributed by atoms with Gasteiger partial charge in [0.05, 0.1) is 12.3 Å². The molecule has 0 aromatic carbocycles. The fourth-order valence-electron chi connectivity index (χ4n) is 3.07. The predicted molar refractivity (Wildman–Crippen MR) is 83.3 cm³/mol. The Labute approximate surface area is 127 Å². The Kier molecular flexibility index (Phi) is 5.79. The third kappa shape index (κ3) is 3.84. The summed E-state index contributed by atoms with van der Waals surface area (Å²) in [6, 6.07) is 0. The van der Waals surface area contributed by atoms with E-state index in [4.69, 9.17) is 4.74 Å². The van der Waals surface area contributed by atoms with Crippen molar-refractivity contribution in [2.45, 2.75) is 53.1 Å². The van der Waals surface area contributed by atoms with Gasteiger partial charge in [-0.2, -0.15) is 5.10 Å². The van der Waals surface area contributed by atoms with E-state index in [9.17, 15) is 5.11 Å². The van der Waals surface area contributed by atoms with Crippen LogP contribution >= 0.6 is 0 Å². The summed E-state index contributed by atoms with van der Waals surface area (Å²) in [5.41, 5.74) is 3.65. The van der Waals surface area contributed by atoms with Gasteiger partial charge in [-0.25, -0.2) is 0 Å². The van der Waals surface area contributed by atoms with E-state index in [2.05, 4.69) is 35.9 Å². The zero-order valence-electron chi connectivity index (χ0n) is 13.6. The van der Waals surface area contributed by atoms with Gasteiger partial charge in [-0.15, -0.1) is 0 Å². The average Bonchev–Trinajstić information content (AvgIpc) is 2.76. The highest BCUT2D eigenvalue weighted by Crippen LogP contribution is 2.29. The first-order valence-corrected chi connectivity index (χ1v) is 8.04. The molecule has 21 heavy (non-hydrogen) atoms. The normalized spacial score (nSPS) is 18.1. The number of aliphatic hydroxyl groups excluding tert-OH is 1. The van der Waals surface area contributed by atoms with Crippen molar-refractivity contribution in [3.8, 4) is 0 Å². The number of hydrogen-bond acceptors (Lipinski definition) is 4. The number of nitrogens with zero attached hydrogens (tertiary/aromatic N) is 2. The molecular formula is C16H29N3O2. The van der Waals surface area contributed by atoms with Crippen molar-refractivity contribution < 1.29 is 9.84 Å². The third-order valence-electron chi connectivity index (χ3n) is 4.66. The second-order valence-corrected chi connectivity index (χ2v) is 6.25. The van der Waals surface area contributed by atoms with E-state index in [-0.39, 0.29) is 12.0 Å². The molecule has 0 aliphatic carbocycles. The molecule has 0 radical (unpaired) electrons. The Hall–Kier alpha value is -0.910. The summed E-state index contributed by atoms with van der Waals surface area (Å²) in [6.07, 6.45) is 2.97. The van der Waals surface area contributed by atoms with Crippen LogP contribution in [0.2, 0.25) is 0 Å². The first kappa shape index (κ1) is 16.5. The number of ether oxygens (including phenoxy) is 1. The minimum absolute atomic E-state index is 0.0144. The molecule has 1 fully saturated rings. The zero-order chi connectivity index (χ0) is 15.3. The van der Waals surface area contributed by atoms with Gasteiger partial charge in [0, 0.05) is 49.5 Å². The monoisotopic (exact) mass is 295 g/mol. The minimum atomic E-state index is -0.0144. The molecule has 5 heteroatoms. The first-order chi connectivity index (χ1) is 10.1. The molecule has 120 valence electrons. The van der Waals surface area contributed by atoms with Gasteiger partial charge in [-0.1, -0.05) is 6.92 Å². The molecule has 0 amide bonds. The maximum absolute atomic E-state index is 9.71. The quantitative estimate of drug-likeness (QED) is 0.805. The standard InChI is InChI=1S/C16H29N3O2/c1-4-7-19-14(3)15(13(2)18-19)10-17-11-16(12-20)5-8-21-9-6-16/h17,20H,4-12H2,1-3H3. The molecule has 2 heterocycles. The Morgan fingerprint density at radius 2 is 2.05 bits per heavy atom. The van der Waals surface area contributed by atoms with Gasteiger partial charge in [0.15, 0.2) is 0 Å². The SMILES string of the molecule is CCCn1nc(C)c(CNCC2(CO)CCOCC2)c1C. The Bertz CT molecular complexity index is 451. The van der Waals surface area contributed by atoms with Crippen LogP contribution in [0.15, 0.2) is 0 Å². The Morgan fingerprint density at radius 3 is 2.67 bits per heavy atom. The molecule has 1 aliphatic rings. The number of aliphatic hydroxyl groups is 1. The molecule has 0 unspecified atom stereocenters. The first-order valence-electron chi connectivity index (χ1n) is 8.04. The summed E-state index contributed by atoms with van der Waals surface area (Å²) in [5, 5.41) is 17.9. The lowest BCUT2D eigenvalue weighted by Crippen LogP contribution is -2.41. The maximum atomic E-state index is 9.71. The van der Waals surface area contributed by atoms with Crippen molar-refractivity contribution in [1.29, 1.82) is 0 Å². The number of rotatable bonds is 7. The van der Waals surface area contributed by atoms with Crippen LogP contribution in [-0.4, -0.2) is 41.3 Å².